The molecule has 0 fully saturated rings. The second kappa shape index (κ2) is 6.28. The van der Waals surface area contributed by atoms with Crippen molar-refractivity contribution in [1.82, 2.24) is 5.32 Å². The zero-order valence-electron chi connectivity index (χ0n) is 9.31. The minimum absolute atomic E-state index is 0.0936. The lowest BCUT2D eigenvalue weighted by Gasteiger charge is -2.05. The first-order chi connectivity index (χ1) is 8.45. The second-order valence-corrected chi connectivity index (χ2v) is 4.34. The number of rotatable bonds is 4. The van der Waals surface area contributed by atoms with Gasteiger partial charge in [0.15, 0.2) is 0 Å². The van der Waals surface area contributed by atoms with Crippen molar-refractivity contribution in [3.63, 3.8) is 0 Å². The van der Waals surface area contributed by atoms with Gasteiger partial charge in [0.05, 0.1) is 17.6 Å². The van der Waals surface area contributed by atoms with Crippen LogP contribution in [0.15, 0.2) is 18.2 Å². The number of hydrogen-bond acceptors (Lipinski definition) is 5. The molecule has 0 radical (unpaired) electrons. The van der Waals surface area contributed by atoms with Crippen molar-refractivity contribution in [2.24, 2.45) is 0 Å². The average molecular weight is 364 g/mol. The fourth-order valence-corrected chi connectivity index (χ4v) is 1.87. The summed E-state index contributed by atoms with van der Waals surface area (Å²) in [6.45, 7) is -0.248. The average Bonchev–Trinajstić information content (AvgIpc) is 2.35. The molecule has 0 saturated heterocycles. The van der Waals surface area contributed by atoms with Crippen LogP contribution < -0.4 is 5.32 Å². The zero-order chi connectivity index (χ0) is 13.7. The monoisotopic (exact) mass is 364 g/mol. The SMILES string of the molecule is COC(=O)CNC(=O)c1ccc([N+](=O)[O-])cc1I. The summed E-state index contributed by atoms with van der Waals surface area (Å²) in [5.41, 5.74) is 0.175. The van der Waals surface area contributed by atoms with E-state index >= 15 is 0 Å². The molecule has 0 aromatic heterocycles. The molecular formula is C10H9IN2O5. The minimum Gasteiger partial charge on any atom is -0.468 e. The van der Waals surface area contributed by atoms with E-state index in [-0.39, 0.29) is 17.8 Å². The van der Waals surface area contributed by atoms with Crippen LogP contribution in [0.3, 0.4) is 0 Å². The quantitative estimate of drug-likeness (QED) is 0.373. The Bertz CT molecular complexity index is 503. The van der Waals surface area contributed by atoms with Gasteiger partial charge >= 0.3 is 5.97 Å². The molecule has 0 aliphatic rings. The summed E-state index contributed by atoms with van der Waals surface area (Å²) in [5.74, 6) is -1.06. The van der Waals surface area contributed by atoms with Crippen LogP contribution >= 0.6 is 22.6 Å². The number of halogens is 1. The molecule has 7 nitrogen and oxygen atoms in total. The van der Waals surface area contributed by atoms with E-state index in [0.717, 1.165) is 0 Å². The number of nitrogens with zero attached hydrogens (tertiary/aromatic N) is 1. The Balaban J connectivity index is 2.81. The highest BCUT2D eigenvalue weighted by Crippen LogP contribution is 2.19. The highest BCUT2D eigenvalue weighted by atomic mass is 127. The summed E-state index contributed by atoms with van der Waals surface area (Å²) in [5, 5.41) is 12.9. The first-order valence-corrected chi connectivity index (χ1v) is 5.82. The van der Waals surface area contributed by atoms with Crippen molar-refractivity contribution in [3.8, 4) is 0 Å². The molecule has 0 saturated carbocycles. The van der Waals surface area contributed by atoms with Gasteiger partial charge in [-0.2, -0.15) is 0 Å². The Hall–Kier alpha value is -1.71. The van der Waals surface area contributed by atoms with E-state index in [1.165, 1.54) is 25.3 Å². The molecule has 8 heteroatoms. The number of amides is 1. The first-order valence-electron chi connectivity index (χ1n) is 4.74. The van der Waals surface area contributed by atoms with Crippen LogP contribution in [-0.4, -0.2) is 30.5 Å². The van der Waals surface area contributed by atoms with Crippen LogP contribution in [0.5, 0.6) is 0 Å². The molecule has 0 unspecified atom stereocenters. The predicted octanol–water partition coefficient (Wildman–Crippen LogP) is 1.10. The van der Waals surface area contributed by atoms with Gasteiger partial charge in [0.25, 0.3) is 11.6 Å². The second-order valence-electron chi connectivity index (χ2n) is 3.18. The molecule has 1 N–H and O–H groups in total. The molecule has 1 rings (SSSR count). The topological polar surface area (TPSA) is 98.5 Å². The smallest absolute Gasteiger partial charge is 0.325 e. The summed E-state index contributed by atoms with van der Waals surface area (Å²) in [7, 11) is 1.21. The summed E-state index contributed by atoms with van der Waals surface area (Å²) in [6.07, 6.45) is 0. The third-order valence-electron chi connectivity index (χ3n) is 2.03. The van der Waals surface area contributed by atoms with E-state index in [1.54, 1.807) is 0 Å². The number of methoxy groups -OCH3 is 1. The number of nitrogens with one attached hydrogen (secondary N) is 1. The van der Waals surface area contributed by atoms with Crippen molar-refractivity contribution in [2.45, 2.75) is 0 Å². The molecule has 1 amide bonds. The molecule has 0 aliphatic carbocycles. The standard InChI is InChI=1S/C10H9IN2O5/c1-18-9(14)5-12-10(15)7-3-2-6(13(16)17)4-8(7)11/h2-4H,5H2,1H3,(H,12,15). The fraction of sp³-hybridized carbons (Fsp3) is 0.200. The van der Waals surface area contributed by atoms with Crippen molar-refractivity contribution in [1.29, 1.82) is 0 Å². The number of benzene rings is 1. The van der Waals surface area contributed by atoms with Crippen molar-refractivity contribution >= 4 is 40.2 Å². The maximum absolute atomic E-state index is 11.7. The van der Waals surface area contributed by atoms with Crippen molar-refractivity contribution < 1.29 is 19.2 Å². The Morgan fingerprint density at radius 2 is 2.17 bits per heavy atom. The summed E-state index contributed by atoms with van der Waals surface area (Å²) >= 11 is 1.82. The minimum atomic E-state index is -0.569. The molecule has 1 aromatic carbocycles. The van der Waals surface area contributed by atoms with E-state index in [9.17, 15) is 19.7 Å². The van der Waals surface area contributed by atoms with Gasteiger partial charge in [-0.15, -0.1) is 0 Å². The lowest BCUT2D eigenvalue weighted by molar-refractivity contribution is -0.384. The predicted molar refractivity (Wildman–Crippen MR) is 70.2 cm³/mol. The van der Waals surface area contributed by atoms with Crippen molar-refractivity contribution in [2.75, 3.05) is 13.7 Å². The van der Waals surface area contributed by atoms with E-state index in [0.29, 0.717) is 3.57 Å². The molecule has 0 spiro atoms. The van der Waals surface area contributed by atoms with E-state index in [2.05, 4.69) is 10.1 Å². The van der Waals surface area contributed by atoms with Gasteiger partial charge in [0.2, 0.25) is 0 Å². The third kappa shape index (κ3) is 3.65. The van der Waals surface area contributed by atoms with Crippen LogP contribution in [0.25, 0.3) is 0 Å². The maximum Gasteiger partial charge on any atom is 0.325 e. The molecule has 0 aliphatic heterocycles. The number of ether oxygens (including phenoxy) is 1. The Kier molecular flexibility index (Phi) is 5.01. The van der Waals surface area contributed by atoms with Gasteiger partial charge in [-0.1, -0.05) is 0 Å². The van der Waals surface area contributed by atoms with Gasteiger partial charge < -0.3 is 10.1 Å². The summed E-state index contributed by atoms with van der Waals surface area (Å²) in [6, 6.07) is 3.86. The van der Waals surface area contributed by atoms with Crippen LogP contribution in [0.4, 0.5) is 5.69 Å². The first kappa shape index (κ1) is 14.4. The summed E-state index contributed by atoms with van der Waals surface area (Å²) < 4.78 is 4.81. The Morgan fingerprint density at radius 1 is 1.50 bits per heavy atom. The molecule has 18 heavy (non-hydrogen) atoms. The zero-order valence-corrected chi connectivity index (χ0v) is 11.5. The number of hydrogen-bond donors (Lipinski definition) is 1. The number of nitro groups is 1. The van der Waals surface area contributed by atoms with Gasteiger partial charge in [-0.25, -0.2) is 0 Å². The largest absolute Gasteiger partial charge is 0.468 e. The van der Waals surface area contributed by atoms with Crippen LogP contribution in [0.2, 0.25) is 0 Å². The van der Waals surface area contributed by atoms with Gasteiger partial charge in [-0.05, 0) is 28.7 Å². The highest BCUT2D eigenvalue weighted by molar-refractivity contribution is 14.1. The number of non-ortho nitro benzene ring substituents is 1. The highest BCUT2D eigenvalue weighted by Gasteiger charge is 2.15. The molecule has 0 heterocycles. The van der Waals surface area contributed by atoms with E-state index in [4.69, 9.17) is 0 Å². The number of nitro benzene ring substituents is 1. The summed E-state index contributed by atoms with van der Waals surface area (Å²) in [4.78, 5) is 32.5. The lowest BCUT2D eigenvalue weighted by atomic mass is 10.2. The van der Waals surface area contributed by atoms with Crippen LogP contribution in [0.1, 0.15) is 10.4 Å². The number of esters is 1. The maximum atomic E-state index is 11.7. The van der Waals surface area contributed by atoms with Crippen molar-refractivity contribution in [3.05, 3.63) is 37.4 Å². The van der Waals surface area contributed by atoms with E-state index < -0.39 is 16.8 Å². The van der Waals surface area contributed by atoms with Crippen LogP contribution in [0, 0.1) is 13.7 Å². The molecule has 0 bridgehead atoms. The molecule has 96 valence electrons. The lowest BCUT2D eigenvalue weighted by Crippen LogP contribution is -2.30. The van der Waals surface area contributed by atoms with Crippen LogP contribution in [-0.2, 0) is 9.53 Å². The number of carbonyl (C=O) groups excluding carboxylic acids is 2. The molecular weight excluding hydrogens is 355 g/mol. The Morgan fingerprint density at radius 3 is 2.67 bits per heavy atom. The molecule has 0 atom stereocenters. The normalized spacial score (nSPS) is 9.67. The van der Waals surface area contributed by atoms with Gasteiger partial charge in [0, 0.05) is 15.7 Å². The van der Waals surface area contributed by atoms with Gasteiger partial charge in [0.1, 0.15) is 6.54 Å². The fourth-order valence-electron chi connectivity index (χ4n) is 1.12. The third-order valence-corrected chi connectivity index (χ3v) is 2.92. The van der Waals surface area contributed by atoms with E-state index in [1.807, 2.05) is 22.6 Å². The Labute approximate surface area is 116 Å². The number of carbonyl (C=O) groups is 2. The van der Waals surface area contributed by atoms with Gasteiger partial charge in [-0.3, -0.25) is 19.7 Å². The molecule has 1 aromatic rings.